The second-order valence-electron chi connectivity index (χ2n) is 4.89. The van der Waals surface area contributed by atoms with Crippen LogP contribution >= 0.6 is 0 Å². The number of carbonyl (C=O) groups is 1. The molecule has 16 heavy (non-hydrogen) atoms. The molecule has 2 unspecified atom stereocenters. The van der Waals surface area contributed by atoms with Gasteiger partial charge in [0.25, 0.3) is 0 Å². The number of nitrogens with zero attached hydrogens (tertiary/aromatic N) is 1. The summed E-state index contributed by atoms with van der Waals surface area (Å²) in [7, 11) is 1.72. The quantitative estimate of drug-likeness (QED) is 0.568. The van der Waals surface area contributed by atoms with Crippen molar-refractivity contribution in [3.05, 3.63) is 0 Å². The summed E-state index contributed by atoms with van der Waals surface area (Å²) in [5, 5.41) is 0. The highest BCUT2D eigenvalue weighted by atomic mass is 16.5. The van der Waals surface area contributed by atoms with Gasteiger partial charge in [-0.1, -0.05) is 27.2 Å². The summed E-state index contributed by atoms with van der Waals surface area (Å²) in [6.07, 6.45) is 3.11. The molecular weight excluding hydrogens is 202 g/mol. The average molecular weight is 229 g/mol. The number of likely N-dealkylation sites (N-methyl/N-ethyl adjacent to an activating group) is 1. The van der Waals surface area contributed by atoms with Crippen molar-refractivity contribution in [3.63, 3.8) is 0 Å². The molecule has 0 aliphatic carbocycles. The Morgan fingerprint density at radius 1 is 1.44 bits per heavy atom. The van der Waals surface area contributed by atoms with Crippen LogP contribution in [0.5, 0.6) is 0 Å². The second-order valence-corrected chi connectivity index (χ2v) is 4.89. The van der Waals surface area contributed by atoms with E-state index in [0.717, 1.165) is 38.8 Å². The van der Waals surface area contributed by atoms with E-state index in [2.05, 4.69) is 25.7 Å². The number of hydrogen-bond donors (Lipinski definition) is 0. The van der Waals surface area contributed by atoms with Gasteiger partial charge in [-0.25, -0.2) is 0 Å². The van der Waals surface area contributed by atoms with Crippen molar-refractivity contribution in [2.24, 2.45) is 5.41 Å². The molecular formula is C13H27NO2. The fraction of sp³-hybridized carbons (Fsp3) is 0.923. The van der Waals surface area contributed by atoms with Crippen molar-refractivity contribution in [2.45, 2.75) is 46.6 Å². The standard InChI is InChI=1S/C13H27NO2/c1-6-8-13(4,11-15)10-14(7-2)12(3)9-16-5/h11-12H,6-10H2,1-5H3. The fourth-order valence-corrected chi connectivity index (χ4v) is 2.14. The molecule has 0 aliphatic heterocycles. The molecule has 0 rings (SSSR count). The molecule has 0 fully saturated rings. The molecule has 2 atom stereocenters. The number of hydrogen-bond acceptors (Lipinski definition) is 3. The smallest absolute Gasteiger partial charge is 0.127 e. The van der Waals surface area contributed by atoms with Crippen molar-refractivity contribution >= 4 is 6.29 Å². The highest BCUT2D eigenvalue weighted by Gasteiger charge is 2.27. The largest absolute Gasteiger partial charge is 0.383 e. The van der Waals surface area contributed by atoms with E-state index in [1.165, 1.54) is 0 Å². The summed E-state index contributed by atoms with van der Waals surface area (Å²) in [6, 6.07) is 0.367. The molecule has 0 saturated carbocycles. The minimum Gasteiger partial charge on any atom is -0.383 e. The molecule has 96 valence electrons. The molecule has 0 N–H and O–H groups in total. The molecule has 0 bridgehead atoms. The maximum atomic E-state index is 11.2. The van der Waals surface area contributed by atoms with Crippen LogP contribution in [0, 0.1) is 5.41 Å². The van der Waals surface area contributed by atoms with Crippen molar-refractivity contribution in [3.8, 4) is 0 Å². The Balaban J connectivity index is 4.42. The van der Waals surface area contributed by atoms with Gasteiger partial charge >= 0.3 is 0 Å². The molecule has 3 nitrogen and oxygen atoms in total. The molecule has 0 radical (unpaired) electrons. The lowest BCUT2D eigenvalue weighted by Crippen LogP contribution is -2.43. The number of ether oxygens (including phenoxy) is 1. The van der Waals surface area contributed by atoms with Crippen molar-refractivity contribution in [1.29, 1.82) is 0 Å². The molecule has 0 aromatic carbocycles. The Hall–Kier alpha value is -0.410. The minimum absolute atomic E-state index is 0.216. The fourth-order valence-electron chi connectivity index (χ4n) is 2.14. The predicted octanol–water partition coefficient (Wildman–Crippen LogP) is 2.35. The third kappa shape index (κ3) is 5.08. The predicted molar refractivity (Wildman–Crippen MR) is 67.7 cm³/mol. The lowest BCUT2D eigenvalue weighted by atomic mass is 9.86. The summed E-state index contributed by atoms with van der Waals surface area (Å²) >= 11 is 0. The van der Waals surface area contributed by atoms with Crippen molar-refractivity contribution < 1.29 is 9.53 Å². The van der Waals surface area contributed by atoms with E-state index in [0.29, 0.717) is 6.04 Å². The van der Waals surface area contributed by atoms with Crippen molar-refractivity contribution in [1.82, 2.24) is 4.90 Å². The van der Waals surface area contributed by atoms with E-state index in [-0.39, 0.29) is 5.41 Å². The van der Waals surface area contributed by atoms with Crippen LogP contribution in [0.25, 0.3) is 0 Å². The van der Waals surface area contributed by atoms with Gasteiger partial charge in [0.2, 0.25) is 0 Å². The Labute approximate surface area is 100 Å². The van der Waals surface area contributed by atoms with Gasteiger partial charge in [-0.15, -0.1) is 0 Å². The molecule has 0 amide bonds. The molecule has 0 heterocycles. The van der Waals surface area contributed by atoms with Crippen LogP contribution in [0.1, 0.15) is 40.5 Å². The van der Waals surface area contributed by atoms with Gasteiger partial charge in [0, 0.05) is 25.1 Å². The van der Waals surface area contributed by atoms with E-state index >= 15 is 0 Å². The normalized spacial score (nSPS) is 17.1. The molecule has 0 aromatic rings. The second kappa shape index (κ2) is 7.80. The minimum atomic E-state index is -0.216. The summed E-state index contributed by atoms with van der Waals surface area (Å²) in [5.41, 5.74) is -0.216. The van der Waals surface area contributed by atoms with E-state index in [1.54, 1.807) is 7.11 Å². The van der Waals surface area contributed by atoms with Gasteiger partial charge < -0.3 is 9.53 Å². The lowest BCUT2D eigenvalue weighted by Gasteiger charge is -2.34. The van der Waals surface area contributed by atoms with Crippen LogP contribution in [0.3, 0.4) is 0 Å². The molecule has 0 saturated heterocycles. The zero-order valence-corrected chi connectivity index (χ0v) is 11.5. The van der Waals surface area contributed by atoms with Crippen LogP contribution in [-0.2, 0) is 9.53 Å². The number of aldehydes is 1. The highest BCUT2D eigenvalue weighted by molar-refractivity contribution is 5.59. The first kappa shape index (κ1) is 15.6. The van der Waals surface area contributed by atoms with Gasteiger partial charge in [-0.05, 0) is 19.9 Å². The third-order valence-corrected chi connectivity index (χ3v) is 3.11. The Morgan fingerprint density at radius 3 is 2.44 bits per heavy atom. The Morgan fingerprint density at radius 2 is 2.06 bits per heavy atom. The molecule has 0 aromatic heterocycles. The maximum Gasteiger partial charge on any atom is 0.127 e. The molecule has 3 heteroatoms. The molecule has 0 aliphatic rings. The summed E-state index contributed by atoms with van der Waals surface area (Å²) in [6.45, 7) is 10.9. The van der Waals surface area contributed by atoms with Crippen LogP contribution in [0.15, 0.2) is 0 Å². The monoisotopic (exact) mass is 229 g/mol. The first-order valence-corrected chi connectivity index (χ1v) is 6.22. The summed E-state index contributed by atoms with van der Waals surface area (Å²) in [4.78, 5) is 13.5. The van der Waals surface area contributed by atoms with Gasteiger partial charge in [0.15, 0.2) is 0 Å². The topological polar surface area (TPSA) is 29.5 Å². The Kier molecular flexibility index (Phi) is 7.60. The summed E-state index contributed by atoms with van der Waals surface area (Å²) in [5.74, 6) is 0. The van der Waals surface area contributed by atoms with Crippen LogP contribution < -0.4 is 0 Å². The van der Waals surface area contributed by atoms with E-state index in [9.17, 15) is 4.79 Å². The van der Waals surface area contributed by atoms with E-state index < -0.39 is 0 Å². The number of methoxy groups -OCH3 is 1. The zero-order valence-electron chi connectivity index (χ0n) is 11.5. The van der Waals surface area contributed by atoms with Crippen LogP contribution in [-0.4, -0.2) is 44.0 Å². The first-order valence-electron chi connectivity index (χ1n) is 6.22. The van der Waals surface area contributed by atoms with Crippen LogP contribution in [0.2, 0.25) is 0 Å². The lowest BCUT2D eigenvalue weighted by molar-refractivity contribution is -0.117. The van der Waals surface area contributed by atoms with Gasteiger partial charge in [-0.3, -0.25) is 4.90 Å². The Bertz CT molecular complexity index is 196. The van der Waals surface area contributed by atoms with Gasteiger partial charge in [0.05, 0.1) is 6.61 Å². The van der Waals surface area contributed by atoms with E-state index in [1.807, 2.05) is 6.92 Å². The molecule has 0 spiro atoms. The SMILES string of the molecule is CCCC(C)(C=O)CN(CC)C(C)COC. The highest BCUT2D eigenvalue weighted by Crippen LogP contribution is 2.22. The first-order chi connectivity index (χ1) is 7.52. The average Bonchev–Trinajstić information content (AvgIpc) is 2.26. The zero-order chi connectivity index (χ0) is 12.6. The van der Waals surface area contributed by atoms with Crippen molar-refractivity contribution in [2.75, 3.05) is 26.8 Å². The van der Waals surface area contributed by atoms with Gasteiger partial charge in [0.1, 0.15) is 6.29 Å². The third-order valence-electron chi connectivity index (χ3n) is 3.11. The number of carbonyl (C=O) groups excluding carboxylic acids is 1. The maximum absolute atomic E-state index is 11.2. The van der Waals surface area contributed by atoms with Crippen LogP contribution in [0.4, 0.5) is 0 Å². The van der Waals surface area contributed by atoms with Gasteiger partial charge in [-0.2, -0.15) is 0 Å². The summed E-state index contributed by atoms with van der Waals surface area (Å²) < 4.78 is 5.16. The number of rotatable bonds is 9. The van der Waals surface area contributed by atoms with E-state index in [4.69, 9.17) is 4.74 Å².